The number of aliphatic hydroxyl groups is 1. The van der Waals surface area contributed by atoms with E-state index in [4.69, 9.17) is 4.52 Å². The fourth-order valence-corrected chi connectivity index (χ4v) is 3.25. The first-order valence-electron chi connectivity index (χ1n) is 8.16. The molecule has 0 bridgehead atoms. The lowest BCUT2D eigenvalue weighted by Gasteiger charge is -2.21. The van der Waals surface area contributed by atoms with Crippen molar-refractivity contribution in [3.05, 3.63) is 35.2 Å². The van der Waals surface area contributed by atoms with Crippen LogP contribution < -0.4 is 0 Å². The molecule has 0 spiro atoms. The maximum atomic E-state index is 13.0. The van der Waals surface area contributed by atoms with E-state index in [9.17, 15) is 9.90 Å². The first-order valence-corrected chi connectivity index (χ1v) is 8.16. The van der Waals surface area contributed by atoms with Crippen molar-refractivity contribution in [3.8, 4) is 0 Å². The number of β-amino-alcohol motifs (C(OH)–C–C–N with tert-alkyl or cyclic N) is 1. The van der Waals surface area contributed by atoms with Crippen molar-refractivity contribution in [2.45, 2.75) is 50.7 Å². The highest BCUT2D eigenvalue weighted by atomic mass is 16.5. The Morgan fingerprint density at radius 1 is 1.52 bits per heavy atom. The van der Waals surface area contributed by atoms with Gasteiger partial charge in [-0.05, 0) is 24.8 Å². The Kier molecular flexibility index (Phi) is 3.45. The van der Waals surface area contributed by atoms with E-state index in [0.717, 1.165) is 18.5 Å². The monoisotopic (exact) mass is 316 g/mol. The minimum absolute atomic E-state index is 0.0778. The zero-order valence-corrected chi connectivity index (χ0v) is 13.0. The lowest BCUT2D eigenvalue weighted by molar-refractivity contribution is 0.0692. The highest BCUT2D eigenvalue weighted by Gasteiger charge is 2.40. The molecule has 1 aliphatic heterocycles. The molecular weight excluding hydrogens is 296 g/mol. The zero-order chi connectivity index (χ0) is 16.0. The number of aliphatic hydroxyl groups excluding tert-OH is 1. The van der Waals surface area contributed by atoms with Gasteiger partial charge in [-0.1, -0.05) is 12.1 Å². The molecular formula is C16H20N4O3. The third-order valence-electron chi connectivity index (χ3n) is 4.62. The quantitative estimate of drug-likeness (QED) is 0.896. The molecule has 4 rings (SSSR count). The van der Waals surface area contributed by atoms with E-state index in [0.29, 0.717) is 42.6 Å². The van der Waals surface area contributed by atoms with Gasteiger partial charge in [0, 0.05) is 31.3 Å². The van der Waals surface area contributed by atoms with Crippen LogP contribution in [0.2, 0.25) is 0 Å². The fourth-order valence-electron chi connectivity index (χ4n) is 3.25. The maximum Gasteiger partial charge on any atom is 0.256 e. The van der Waals surface area contributed by atoms with E-state index in [1.807, 2.05) is 19.2 Å². The maximum absolute atomic E-state index is 13.0. The molecule has 7 heteroatoms. The third kappa shape index (κ3) is 2.55. The predicted octanol–water partition coefficient (Wildman–Crippen LogP) is 1.79. The Hall–Kier alpha value is -2.15. The molecule has 1 saturated carbocycles. The number of H-pyrrole nitrogens is 1. The van der Waals surface area contributed by atoms with Gasteiger partial charge in [0.2, 0.25) is 5.89 Å². The smallest absolute Gasteiger partial charge is 0.256 e. The number of likely N-dealkylation sites (tertiary alicyclic amines) is 1. The number of hydrogen-bond acceptors (Lipinski definition) is 5. The second kappa shape index (κ2) is 5.49. The lowest BCUT2D eigenvalue weighted by atomic mass is 10.1. The van der Waals surface area contributed by atoms with E-state index in [1.54, 1.807) is 4.90 Å². The Bertz CT molecular complexity index is 718. The van der Waals surface area contributed by atoms with Gasteiger partial charge in [0.15, 0.2) is 5.82 Å². The van der Waals surface area contributed by atoms with Crippen molar-refractivity contribution in [1.82, 2.24) is 20.0 Å². The molecule has 1 aliphatic carbocycles. The van der Waals surface area contributed by atoms with E-state index in [-0.39, 0.29) is 11.9 Å². The Morgan fingerprint density at radius 3 is 3.04 bits per heavy atom. The largest absolute Gasteiger partial charge is 0.391 e. The van der Waals surface area contributed by atoms with Crippen LogP contribution in [0.3, 0.4) is 0 Å². The molecule has 23 heavy (non-hydrogen) atoms. The Balaban J connectivity index is 1.62. The number of carbonyl (C=O) groups excluding carboxylic acids is 1. The number of aryl methyl sites for hydroxylation is 1. The minimum atomic E-state index is -0.566. The van der Waals surface area contributed by atoms with E-state index in [1.165, 1.54) is 0 Å². The van der Waals surface area contributed by atoms with Crippen molar-refractivity contribution in [2.24, 2.45) is 0 Å². The van der Waals surface area contributed by atoms with Crippen LogP contribution in [0.25, 0.3) is 0 Å². The molecule has 2 aromatic heterocycles. The van der Waals surface area contributed by atoms with Crippen LogP contribution in [-0.2, 0) is 6.42 Å². The van der Waals surface area contributed by atoms with E-state index >= 15 is 0 Å². The highest BCUT2D eigenvalue weighted by Crippen LogP contribution is 2.42. The predicted molar refractivity (Wildman–Crippen MR) is 80.8 cm³/mol. The zero-order valence-electron chi connectivity index (χ0n) is 13.0. The molecule has 2 aromatic rings. The average Bonchev–Trinajstić information content (AvgIpc) is 2.99. The van der Waals surface area contributed by atoms with Crippen molar-refractivity contribution in [1.29, 1.82) is 0 Å². The van der Waals surface area contributed by atoms with Crippen molar-refractivity contribution in [3.63, 3.8) is 0 Å². The van der Waals surface area contributed by atoms with Gasteiger partial charge in [-0.25, -0.2) is 0 Å². The normalized spacial score (nSPS) is 24.3. The van der Waals surface area contributed by atoms with Crippen LogP contribution in [0.5, 0.6) is 0 Å². The second-order valence-corrected chi connectivity index (χ2v) is 6.34. The van der Waals surface area contributed by atoms with Crippen LogP contribution >= 0.6 is 0 Å². The van der Waals surface area contributed by atoms with Gasteiger partial charge in [0.1, 0.15) is 6.04 Å². The molecule has 1 saturated heterocycles. The van der Waals surface area contributed by atoms with E-state index < -0.39 is 6.10 Å². The van der Waals surface area contributed by atoms with Crippen molar-refractivity contribution in [2.75, 3.05) is 6.54 Å². The molecule has 122 valence electrons. The summed E-state index contributed by atoms with van der Waals surface area (Å²) in [5.41, 5.74) is 1.71. The molecule has 2 N–H and O–H groups in total. The molecule has 2 fully saturated rings. The number of rotatable bonds is 4. The van der Waals surface area contributed by atoms with Crippen molar-refractivity contribution < 1.29 is 14.4 Å². The number of hydrogen-bond donors (Lipinski definition) is 2. The molecule has 3 heterocycles. The van der Waals surface area contributed by atoms with Crippen LogP contribution in [0.15, 0.2) is 16.8 Å². The molecule has 1 amide bonds. The van der Waals surface area contributed by atoms with Gasteiger partial charge in [-0.2, -0.15) is 4.98 Å². The van der Waals surface area contributed by atoms with Gasteiger partial charge in [0.05, 0.1) is 11.7 Å². The number of carbonyl (C=O) groups is 1. The first-order chi connectivity index (χ1) is 11.2. The van der Waals surface area contributed by atoms with Gasteiger partial charge in [-0.3, -0.25) is 4.79 Å². The molecule has 7 nitrogen and oxygen atoms in total. The highest BCUT2D eigenvalue weighted by molar-refractivity contribution is 5.96. The molecule has 2 aliphatic rings. The second-order valence-electron chi connectivity index (χ2n) is 6.34. The van der Waals surface area contributed by atoms with Gasteiger partial charge >= 0.3 is 0 Å². The molecule has 2 atom stereocenters. The summed E-state index contributed by atoms with van der Waals surface area (Å²) in [6.45, 7) is 2.24. The van der Waals surface area contributed by atoms with Gasteiger partial charge < -0.3 is 19.5 Å². The number of aromatic nitrogens is 3. The lowest BCUT2D eigenvalue weighted by Crippen LogP contribution is -2.32. The van der Waals surface area contributed by atoms with Gasteiger partial charge in [-0.15, -0.1) is 0 Å². The number of amides is 1. The molecule has 0 aromatic carbocycles. The first kappa shape index (κ1) is 14.4. The standard InChI is InChI=1S/C16H20N4O3/c1-2-13-18-15(23-19-13)12-7-10(21)8-20(12)16(22)11-5-6-17-14(11)9-3-4-9/h5-6,9-10,12,17,21H,2-4,7-8H2,1H3/t10-,12+/m0/s1. The van der Waals surface area contributed by atoms with E-state index in [2.05, 4.69) is 15.1 Å². The average molecular weight is 316 g/mol. The van der Waals surface area contributed by atoms with Gasteiger partial charge in [0.25, 0.3) is 5.91 Å². The minimum Gasteiger partial charge on any atom is -0.391 e. The van der Waals surface area contributed by atoms with Crippen LogP contribution in [0, 0.1) is 0 Å². The Morgan fingerprint density at radius 2 is 2.35 bits per heavy atom. The summed E-state index contributed by atoms with van der Waals surface area (Å²) in [5.74, 6) is 1.42. The summed E-state index contributed by atoms with van der Waals surface area (Å²) in [7, 11) is 0. The number of nitrogens with one attached hydrogen (secondary N) is 1. The summed E-state index contributed by atoms with van der Waals surface area (Å²) in [5, 5.41) is 13.9. The summed E-state index contributed by atoms with van der Waals surface area (Å²) in [4.78, 5) is 22.2. The summed E-state index contributed by atoms with van der Waals surface area (Å²) >= 11 is 0. The molecule has 0 radical (unpaired) electrons. The number of aromatic amines is 1. The van der Waals surface area contributed by atoms with Crippen molar-refractivity contribution >= 4 is 5.91 Å². The van der Waals surface area contributed by atoms with Crippen LogP contribution in [0.4, 0.5) is 0 Å². The van der Waals surface area contributed by atoms with Crippen LogP contribution in [-0.4, -0.2) is 43.7 Å². The van der Waals surface area contributed by atoms with Crippen LogP contribution in [0.1, 0.15) is 65.9 Å². The number of nitrogens with zero attached hydrogens (tertiary/aromatic N) is 3. The summed E-state index contributed by atoms with van der Waals surface area (Å²) in [6, 6.07) is 1.47. The topological polar surface area (TPSA) is 95.3 Å². The summed E-state index contributed by atoms with van der Waals surface area (Å²) < 4.78 is 5.30. The Labute approximate surface area is 133 Å². The third-order valence-corrected chi connectivity index (χ3v) is 4.62. The molecule has 0 unspecified atom stereocenters. The fraction of sp³-hybridized carbons (Fsp3) is 0.562. The summed E-state index contributed by atoms with van der Waals surface area (Å²) in [6.07, 6.45) is 4.59. The SMILES string of the molecule is CCc1noc([C@H]2C[C@H](O)CN2C(=O)c2cc[nH]c2C2CC2)n1.